The topological polar surface area (TPSA) is 80.5 Å². The summed E-state index contributed by atoms with van der Waals surface area (Å²) in [6.45, 7) is 0. The van der Waals surface area contributed by atoms with Crippen LogP contribution in [-0.2, 0) is 0 Å². The molecular weight excluding hydrogens is 196 g/mol. The molecule has 76 valence electrons. The third kappa shape index (κ3) is 2.37. The molecule has 0 radical (unpaired) electrons. The van der Waals surface area contributed by atoms with Crippen molar-refractivity contribution >= 4 is 5.71 Å². The average Bonchev–Trinajstić information content (AvgIpc) is 2.31. The predicted molar refractivity (Wildman–Crippen MR) is 51.5 cm³/mol. The Balaban J connectivity index is 2.04. The van der Waals surface area contributed by atoms with E-state index in [1.807, 2.05) is 0 Å². The van der Waals surface area contributed by atoms with Gasteiger partial charge in [-0.15, -0.1) is 0 Å². The van der Waals surface area contributed by atoms with E-state index in [0.717, 1.165) is 0 Å². The van der Waals surface area contributed by atoms with E-state index in [1.165, 1.54) is 12.7 Å². The van der Waals surface area contributed by atoms with Crippen LogP contribution >= 0.6 is 0 Å². The number of aromatic nitrogens is 3. The summed E-state index contributed by atoms with van der Waals surface area (Å²) in [6, 6.07) is 0.241. The molecule has 6 nitrogen and oxygen atoms in total. The minimum Gasteiger partial charge on any atom is -0.425 e. The van der Waals surface area contributed by atoms with Crippen LogP contribution < -0.4 is 4.74 Å². The maximum Gasteiger partial charge on any atom is 0.324 e. The van der Waals surface area contributed by atoms with Crippen LogP contribution in [0, 0.1) is 0 Å². The highest BCUT2D eigenvalue weighted by Gasteiger charge is 2.05. The van der Waals surface area contributed by atoms with Crippen LogP contribution in [0.3, 0.4) is 0 Å². The third-order valence-corrected chi connectivity index (χ3v) is 1.76. The number of rotatable bonds is 2. The van der Waals surface area contributed by atoms with Gasteiger partial charge in [-0.1, -0.05) is 5.16 Å². The molecule has 0 aromatic carbocycles. The van der Waals surface area contributed by atoms with Crippen molar-refractivity contribution in [3.8, 4) is 6.01 Å². The van der Waals surface area contributed by atoms with E-state index in [-0.39, 0.29) is 6.01 Å². The third-order valence-electron chi connectivity index (χ3n) is 1.76. The van der Waals surface area contributed by atoms with E-state index in [0.29, 0.717) is 17.9 Å². The van der Waals surface area contributed by atoms with E-state index in [9.17, 15) is 0 Å². The smallest absolute Gasteiger partial charge is 0.324 e. The zero-order valence-corrected chi connectivity index (χ0v) is 7.74. The van der Waals surface area contributed by atoms with E-state index in [4.69, 9.17) is 9.94 Å². The van der Waals surface area contributed by atoms with E-state index < -0.39 is 0 Å². The number of allylic oxidation sites excluding steroid dienone is 3. The maximum absolute atomic E-state index is 8.50. The van der Waals surface area contributed by atoms with Crippen molar-refractivity contribution < 1.29 is 9.94 Å². The molecule has 2 rings (SSSR count). The van der Waals surface area contributed by atoms with Gasteiger partial charge in [0, 0.05) is 6.42 Å². The Morgan fingerprint density at radius 2 is 2.07 bits per heavy atom. The SMILES string of the molecule is ON=C1C=CC(Oc2ncncn2)=CC1. The van der Waals surface area contributed by atoms with Crippen LogP contribution in [0.15, 0.2) is 41.8 Å². The molecule has 6 heteroatoms. The Bertz CT molecular complexity index is 425. The van der Waals surface area contributed by atoms with Crippen molar-refractivity contribution in [2.45, 2.75) is 6.42 Å². The lowest BCUT2D eigenvalue weighted by molar-refractivity contribution is 0.318. The van der Waals surface area contributed by atoms with Gasteiger partial charge in [0.15, 0.2) is 0 Å². The number of ether oxygens (including phenoxy) is 1. The van der Waals surface area contributed by atoms with Crippen LogP contribution in [0.25, 0.3) is 0 Å². The molecule has 0 spiro atoms. The minimum atomic E-state index is 0.241. The molecule has 0 saturated heterocycles. The average molecular weight is 204 g/mol. The van der Waals surface area contributed by atoms with E-state index >= 15 is 0 Å². The molecule has 0 unspecified atom stereocenters. The minimum absolute atomic E-state index is 0.241. The zero-order valence-electron chi connectivity index (χ0n) is 7.74. The van der Waals surface area contributed by atoms with Crippen molar-refractivity contribution in [3.05, 3.63) is 36.6 Å². The zero-order chi connectivity index (χ0) is 10.5. The normalized spacial score (nSPS) is 17.6. The fraction of sp³-hybridized carbons (Fsp3) is 0.111. The first kappa shape index (κ1) is 9.32. The van der Waals surface area contributed by atoms with E-state index in [2.05, 4.69) is 20.1 Å². The van der Waals surface area contributed by atoms with Crippen molar-refractivity contribution in [1.82, 2.24) is 15.0 Å². The van der Waals surface area contributed by atoms with E-state index in [1.54, 1.807) is 18.2 Å². The molecule has 0 atom stereocenters. The highest BCUT2D eigenvalue weighted by atomic mass is 16.5. The van der Waals surface area contributed by atoms with Crippen LogP contribution in [0.1, 0.15) is 6.42 Å². The molecule has 0 saturated carbocycles. The van der Waals surface area contributed by atoms with Crippen LogP contribution in [-0.4, -0.2) is 25.9 Å². The molecular formula is C9H8N4O2. The fourth-order valence-corrected chi connectivity index (χ4v) is 1.06. The molecule has 1 aromatic rings. The lowest BCUT2D eigenvalue weighted by Gasteiger charge is -2.07. The van der Waals surface area contributed by atoms with Crippen molar-refractivity contribution in [2.75, 3.05) is 0 Å². The van der Waals surface area contributed by atoms with Crippen molar-refractivity contribution in [3.63, 3.8) is 0 Å². The highest BCUT2D eigenvalue weighted by Crippen LogP contribution is 2.11. The fourth-order valence-electron chi connectivity index (χ4n) is 1.06. The summed E-state index contributed by atoms with van der Waals surface area (Å²) in [5.41, 5.74) is 0.581. The van der Waals surface area contributed by atoms with Gasteiger partial charge in [0.05, 0.1) is 5.71 Å². The van der Waals surface area contributed by atoms with Gasteiger partial charge in [-0.25, -0.2) is 4.98 Å². The summed E-state index contributed by atoms with van der Waals surface area (Å²) in [5, 5.41) is 11.6. The number of hydrogen-bond donors (Lipinski definition) is 1. The molecule has 15 heavy (non-hydrogen) atoms. The summed E-state index contributed by atoms with van der Waals surface area (Å²) in [4.78, 5) is 11.3. The van der Waals surface area contributed by atoms with Crippen molar-refractivity contribution in [1.29, 1.82) is 0 Å². The van der Waals surface area contributed by atoms with Gasteiger partial charge >= 0.3 is 6.01 Å². The monoisotopic (exact) mass is 204 g/mol. The number of nitrogens with zero attached hydrogens (tertiary/aromatic N) is 4. The summed E-state index contributed by atoms with van der Waals surface area (Å²) in [5.74, 6) is 0.619. The van der Waals surface area contributed by atoms with Gasteiger partial charge in [0.1, 0.15) is 18.4 Å². The maximum atomic E-state index is 8.50. The van der Waals surface area contributed by atoms with Gasteiger partial charge in [-0.05, 0) is 18.2 Å². The first-order valence-corrected chi connectivity index (χ1v) is 4.27. The Morgan fingerprint density at radius 1 is 1.27 bits per heavy atom. The second-order valence-corrected chi connectivity index (χ2v) is 2.76. The highest BCUT2D eigenvalue weighted by molar-refractivity contribution is 5.96. The first-order valence-electron chi connectivity index (χ1n) is 4.27. The van der Waals surface area contributed by atoms with Crippen LogP contribution in [0.4, 0.5) is 0 Å². The molecule has 1 heterocycles. The Labute approximate surface area is 85.7 Å². The predicted octanol–water partition coefficient (Wildman–Crippen LogP) is 0.924. The number of hydrogen-bond acceptors (Lipinski definition) is 6. The van der Waals surface area contributed by atoms with Gasteiger partial charge in [-0.3, -0.25) is 0 Å². The summed E-state index contributed by atoms with van der Waals surface area (Å²) < 4.78 is 5.32. The molecule has 1 aliphatic rings. The summed E-state index contributed by atoms with van der Waals surface area (Å²) in [7, 11) is 0. The van der Waals surface area contributed by atoms with Gasteiger partial charge < -0.3 is 9.94 Å². The molecule has 1 aliphatic carbocycles. The molecule has 0 fully saturated rings. The molecule has 0 amide bonds. The van der Waals surface area contributed by atoms with Crippen LogP contribution in [0.2, 0.25) is 0 Å². The van der Waals surface area contributed by atoms with Crippen molar-refractivity contribution in [2.24, 2.45) is 5.16 Å². The second-order valence-electron chi connectivity index (χ2n) is 2.76. The van der Waals surface area contributed by atoms with Gasteiger partial charge in [0.2, 0.25) is 0 Å². The second kappa shape index (κ2) is 4.32. The Morgan fingerprint density at radius 3 is 2.67 bits per heavy atom. The lowest BCUT2D eigenvalue weighted by Crippen LogP contribution is -2.03. The first-order chi connectivity index (χ1) is 7.38. The lowest BCUT2D eigenvalue weighted by atomic mass is 10.1. The molecule has 1 aromatic heterocycles. The quantitative estimate of drug-likeness (QED) is 0.572. The van der Waals surface area contributed by atoms with Gasteiger partial charge in [-0.2, -0.15) is 9.97 Å². The summed E-state index contributed by atoms with van der Waals surface area (Å²) in [6.07, 6.45) is 8.36. The Hall–Kier alpha value is -2.24. The molecule has 0 aliphatic heterocycles. The molecule has 0 bridgehead atoms. The number of oxime groups is 1. The largest absolute Gasteiger partial charge is 0.425 e. The summed E-state index contributed by atoms with van der Waals surface area (Å²) >= 11 is 0. The molecule has 1 N–H and O–H groups in total. The van der Waals surface area contributed by atoms with Crippen LogP contribution in [0.5, 0.6) is 6.01 Å². The van der Waals surface area contributed by atoms with Gasteiger partial charge in [0.25, 0.3) is 0 Å². The standard InChI is InChI=1S/C9H8N4O2/c14-13-7-1-3-8(4-2-7)15-9-11-5-10-6-12-9/h1,3-6,14H,2H2. The Kier molecular flexibility index (Phi) is 2.68.